The summed E-state index contributed by atoms with van der Waals surface area (Å²) < 4.78 is 21.1. The van der Waals surface area contributed by atoms with E-state index in [9.17, 15) is 14.4 Å². The van der Waals surface area contributed by atoms with Crippen molar-refractivity contribution in [2.24, 2.45) is 0 Å². The number of carbonyl (C=O) groups is 3. The number of aromatic nitrogens is 1. The molecule has 1 fully saturated rings. The number of hydrogen-bond acceptors (Lipinski definition) is 8. The molecule has 1 saturated heterocycles. The average Bonchev–Trinajstić information content (AvgIpc) is 2.71. The second-order valence-electron chi connectivity index (χ2n) is 6.51. The lowest BCUT2D eigenvalue weighted by Crippen LogP contribution is -2.44. The summed E-state index contributed by atoms with van der Waals surface area (Å²) in [5.41, 5.74) is -0.148. The molecule has 0 radical (unpaired) electrons. The maximum Gasteiger partial charge on any atom is 0.329 e. The molecule has 2 heterocycles. The summed E-state index contributed by atoms with van der Waals surface area (Å²) in [5.74, 6) is -1.74. The SMILES string of the molecule is COc1ccnc(C(=O)N[C@H]2CCCC[C@@H](OC)[C@H](C)OC2=O)c1OC(C)=O. The lowest BCUT2D eigenvalue weighted by Gasteiger charge is -2.23. The van der Waals surface area contributed by atoms with Crippen molar-refractivity contribution in [2.75, 3.05) is 14.2 Å². The first-order chi connectivity index (χ1) is 13.4. The second-order valence-corrected chi connectivity index (χ2v) is 6.51. The predicted molar refractivity (Wildman–Crippen MR) is 98.2 cm³/mol. The number of nitrogens with zero attached hydrogens (tertiary/aromatic N) is 1. The Hall–Kier alpha value is -2.68. The van der Waals surface area contributed by atoms with Crippen LogP contribution in [-0.4, -0.2) is 55.3 Å². The first-order valence-electron chi connectivity index (χ1n) is 9.13. The average molecular weight is 394 g/mol. The third kappa shape index (κ3) is 5.41. The van der Waals surface area contributed by atoms with E-state index in [1.807, 2.05) is 0 Å². The van der Waals surface area contributed by atoms with Crippen LogP contribution in [0.15, 0.2) is 12.3 Å². The molecule has 0 saturated carbocycles. The van der Waals surface area contributed by atoms with Crippen LogP contribution in [0, 0.1) is 0 Å². The normalized spacial score (nSPS) is 22.9. The molecule has 2 rings (SSSR count). The summed E-state index contributed by atoms with van der Waals surface area (Å²) in [4.78, 5) is 40.7. The van der Waals surface area contributed by atoms with E-state index in [4.69, 9.17) is 18.9 Å². The van der Waals surface area contributed by atoms with Gasteiger partial charge in [0.2, 0.25) is 5.75 Å². The number of carbonyl (C=O) groups excluding carboxylic acids is 3. The molecule has 1 aromatic rings. The molecule has 1 amide bonds. The Kier molecular flexibility index (Phi) is 7.74. The zero-order valence-corrected chi connectivity index (χ0v) is 16.5. The van der Waals surface area contributed by atoms with Crippen molar-refractivity contribution in [3.63, 3.8) is 0 Å². The van der Waals surface area contributed by atoms with Crippen LogP contribution in [0.2, 0.25) is 0 Å². The molecular formula is C19H26N2O7. The summed E-state index contributed by atoms with van der Waals surface area (Å²) in [7, 11) is 2.96. The number of pyridine rings is 1. The fourth-order valence-corrected chi connectivity index (χ4v) is 3.05. The fraction of sp³-hybridized carbons (Fsp3) is 0.579. The van der Waals surface area contributed by atoms with Gasteiger partial charge < -0.3 is 24.3 Å². The van der Waals surface area contributed by atoms with Crippen LogP contribution in [0.3, 0.4) is 0 Å². The lowest BCUT2D eigenvalue weighted by molar-refractivity contribution is -0.157. The smallest absolute Gasteiger partial charge is 0.329 e. The van der Waals surface area contributed by atoms with Gasteiger partial charge in [-0.3, -0.25) is 9.59 Å². The summed E-state index contributed by atoms with van der Waals surface area (Å²) in [6.45, 7) is 2.97. The van der Waals surface area contributed by atoms with Crippen molar-refractivity contribution in [3.05, 3.63) is 18.0 Å². The fourth-order valence-electron chi connectivity index (χ4n) is 3.05. The Morgan fingerprint density at radius 3 is 2.61 bits per heavy atom. The third-order valence-corrected chi connectivity index (χ3v) is 4.50. The van der Waals surface area contributed by atoms with Crippen LogP contribution in [0.5, 0.6) is 11.5 Å². The number of rotatable bonds is 5. The highest BCUT2D eigenvalue weighted by Gasteiger charge is 2.31. The molecule has 3 atom stereocenters. The largest absolute Gasteiger partial charge is 0.493 e. The molecule has 0 bridgehead atoms. The Morgan fingerprint density at radius 2 is 1.96 bits per heavy atom. The van der Waals surface area contributed by atoms with Gasteiger partial charge in [0.25, 0.3) is 5.91 Å². The maximum absolute atomic E-state index is 12.8. The number of esters is 2. The molecule has 0 unspecified atom stereocenters. The molecule has 1 aliphatic heterocycles. The van der Waals surface area contributed by atoms with Crippen LogP contribution in [-0.2, 0) is 19.1 Å². The first-order valence-corrected chi connectivity index (χ1v) is 9.13. The van der Waals surface area contributed by atoms with Gasteiger partial charge in [-0.2, -0.15) is 0 Å². The van der Waals surface area contributed by atoms with Gasteiger partial charge in [0, 0.05) is 26.3 Å². The minimum atomic E-state index is -0.844. The van der Waals surface area contributed by atoms with E-state index >= 15 is 0 Å². The number of ether oxygens (including phenoxy) is 4. The quantitative estimate of drug-likeness (QED) is 0.750. The van der Waals surface area contributed by atoms with Crippen LogP contribution < -0.4 is 14.8 Å². The van der Waals surface area contributed by atoms with E-state index in [1.165, 1.54) is 26.3 Å². The molecule has 0 aromatic carbocycles. The van der Waals surface area contributed by atoms with Crippen molar-refractivity contribution in [1.82, 2.24) is 10.3 Å². The van der Waals surface area contributed by atoms with Crippen LogP contribution in [0.1, 0.15) is 50.0 Å². The van der Waals surface area contributed by atoms with E-state index in [0.29, 0.717) is 6.42 Å². The first kappa shape index (κ1) is 21.6. The molecule has 1 N–H and O–H groups in total. The molecule has 154 valence electrons. The van der Waals surface area contributed by atoms with Gasteiger partial charge in [0.15, 0.2) is 11.4 Å². The van der Waals surface area contributed by atoms with Crippen LogP contribution in [0.4, 0.5) is 0 Å². The van der Waals surface area contributed by atoms with Crippen molar-refractivity contribution in [1.29, 1.82) is 0 Å². The van der Waals surface area contributed by atoms with Crippen molar-refractivity contribution >= 4 is 17.8 Å². The summed E-state index contributed by atoms with van der Waals surface area (Å²) in [6.07, 6.45) is 3.47. The van der Waals surface area contributed by atoms with Crippen molar-refractivity contribution < 1.29 is 33.3 Å². The summed E-state index contributed by atoms with van der Waals surface area (Å²) in [6, 6.07) is 0.624. The number of hydrogen-bond donors (Lipinski definition) is 1. The highest BCUT2D eigenvalue weighted by molar-refractivity contribution is 5.98. The van der Waals surface area contributed by atoms with Gasteiger partial charge in [-0.05, 0) is 19.8 Å². The molecule has 28 heavy (non-hydrogen) atoms. The summed E-state index contributed by atoms with van der Waals surface area (Å²) >= 11 is 0. The molecule has 1 aromatic heterocycles. The Labute approximate surface area is 163 Å². The maximum atomic E-state index is 12.8. The third-order valence-electron chi connectivity index (χ3n) is 4.50. The van der Waals surface area contributed by atoms with Crippen molar-refractivity contribution in [2.45, 2.75) is 57.8 Å². The number of amides is 1. The van der Waals surface area contributed by atoms with E-state index in [-0.39, 0.29) is 23.3 Å². The predicted octanol–water partition coefficient (Wildman–Crippen LogP) is 1.63. The van der Waals surface area contributed by atoms with Gasteiger partial charge in [-0.25, -0.2) is 9.78 Å². The molecule has 1 aliphatic rings. The molecule has 9 nitrogen and oxygen atoms in total. The lowest BCUT2D eigenvalue weighted by atomic mass is 10.1. The van der Waals surface area contributed by atoms with Crippen LogP contribution in [0.25, 0.3) is 0 Å². The molecule has 0 aliphatic carbocycles. The molecular weight excluding hydrogens is 368 g/mol. The monoisotopic (exact) mass is 394 g/mol. The highest BCUT2D eigenvalue weighted by atomic mass is 16.6. The Bertz CT molecular complexity index is 722. The number of methoxy groups -OCH3 is 2. The van der Waals surface area contributed by atoms with Gasteiger partial charge in [0.1, 0.15) is 12.1 Å². The Morgan fingerprint density at radius 1 is 1.25 bits per heavy atom. The van der Waals surface area contributed by atoms with E-state index in [1.54, 1.807) is 14.0 Å². The second kappa shape index (κ2) is 10.0. The van der Waals surface area contributed by atoms with Gasteiger partial charge in [0.05, 0.1) is 13.2 Å². The van der Waals surface area contributed by atoms with Crippen molar-refractivity contribution in [3.8, 4) is 11.5 Å². The van der Waals surface area contributed by atoms with Gasteiger partial charge in [-0.1, -0.05) is 12.8 Å². The topological polar surface area (TPSA) is 113 Å². The molecule has 9 heteroatoms. The van der Waals surface area contributed by atoms with E-state index in [2.05, 4.69) is 10.3 Å². The van der Waals surface area contributed by atoms with E-state index in [0.717, 1.165) is 19.3 Å². The number of nitrogens with one attached hydrogen (secondary N) is 1. The zero-order valence-electron chi connectivity index (χ0n) is 16.5. The highest BCUT2D eigenvalue weighted by Crippen LogP contribution is 2.30. The minimum absolute atomic E-state index is 0.0979. The van der Waals surface area contributed by atoms with Gasteiger partial charge in [-0.15, -0.1) is 0 Å². The van der Waals surface area contributed by atoms with Gasteiger partial charge >= 0.3 is 11.9 Å². The zero-order chi connectivity index (χ0) is 20.7. The minimum Gasteiger partial charge on any atom is -0.493 e. The Balaban J connectivity index is 2.21. The van der Waals surface area contributed by atoms with Crippen LogP contribution >= 0.6 is 0 Å². The number of cyclic esters (lactones) is 1. The summed E-state index contributed by atoms with van der Waals surface area (Å²) in [5, 5.41) is 2.64. The van der Waals surface area contributed by atoms with E-state index < -0.39 is 30.0 Å². The molecule has 0 spiro atoms. The standard InChI is InChI=1S/C19H26N2O7/c1-11-14(25-3)8-6-5-7-13(19(24)27-11)21-18(23)16-17(28-12(2)22)15(26-4)9-10-20-16/h9-11,13-14H,5-8H2,1-4H3,(H,21,23)/t11-,13-,14+/m0/s1.